The van der Waals surface area contributed by atoms with E-state index in [-0.39, 0.29) is 5.56 Å². The number of halogens is 2. The van der Waals surface area contributed by atoms with Crippen LogP contribution in [0, 0.1) is 0 Å². The van der Waals surface area contributed by atoms with Crippen LogP contribution in [0.5, 0.6) is 0 Å². The highest BCUT2D eigenvalue weighted by molar-refractivity contribution is 5.76. The predicted molar refractivity (Wildman–Crippen MR) is 62.8 cm³/mol. The summed E-state index contributed by atoms with van der Waals surface area (Å²) in [6.07, 6.45) is -0.192. The Morgan fingerprint density at radius 3 is 2.50 bits per heavy atom. The van der Waals surface area contributed by atoms with Crippen LogP contribution in [0.1, 0.15) is 19.4 Å². The van der Waals surface area contributed by atoms with Crippen LogP contribution in [0.3, 0.4) is 0 Å². The molecule has 1 rings (SSSR count). The van der Waals surface area contributed by atoms with Gasteiger partial charge in [0.2, 0.25) is 5.76 Å². The monoisotopic (exact) mass is 256 g/mol. The normalized spacial score (nSPS) is 9.78. The molecule has 0 saturated heterocycles. The van der Waals surface area contributed by atoms with Gasteiger partial charge in [-0.25, -0.2) is 4.79 Å². The highest BCUT2D eigenvalue weighted by Crippen LogP contribution is 2.22. The van der Waals surface area contributed by atoms with Crippen molar-refractivity contribution in [2.45, 2.75) is 13.8 Å². The standard InChI is InChI=1S/C12H14F2N2O2/c1-3-16(4-2)12(17)18-10(11(13)14)9-6-5-7-15-8-9/h5-8H,3-4H2,1-2H3. The van der Waals surface area contributed by atoms with Crippen molar-refractivity contribution >= 4 is 11.9 Å². The van der Waals surface area contributed by atoms with Crippen molar-refractivity contribution in [1.82, 2.24) is 9.88 Å². The van der Waals surface area contributed by atoms with E-state index in [0.717, 1.165) is 0 Å². The lowest BCUT2D eigenvalue weighted by atomic mass is 10.2. The molecule has 0 spiro atoms. The zero-order chi connectivity index (χ0) is 13.5. The second-order valence-electron chi connectivity index (χ2n) is 3.37. The largest absolute Gasteiger partial charge is 0.415 e. The molecule has 0 atom stereocenters. The molecule has 1 aromatic rings. The maximum absolute atomic E-state index is 12.8. The van der Waals surface area contributed by atoms with E-state index < -0.39 is 17.9 Å². The third kappa shape index (κ3) is 3.51. The van der Waals surface area contributed by atoms with E-state index in [9.17, 15) is 13.6 Å². The maximum Gasteiger partial charge on any atom is 0.415 e. The quantitative estimate of drug-likeness (QED) is 0.777. The molecule has 1 amide bonds. The molecule has 0 aliphatic heterocycles. The molecular formula is C12H14F2N2O2. The van der Waals surface area contributed by atoms with Crippen LogP contribution >= 0.6 is 0 Å². The van der Waals surface area contributed by atoms with E-state index in [1.807, 2.05) is 0 Å². The zero-order valence-corrected chi connectivity index (χ0v) is 10.2. The van der Waals surface area contributed by atoms with Gasteiger partial charge in [-0.2, -0.15) is 8.78 Å². The highest BCUT2D eigenvalue weighted by atomic mass is 19.3. The first-order valence-corrected chi connectivity index (χ1v) is 5.52. The number of carbonyl (C=O) groups is 1. The van der Waals surface area contributed by atoms with E-state index in [4.69, 9.17) is 4.74 Å². The van der Waals surface area contributed by atoms with Gasteiger partial charge >= 0.3 is 12.2 Å². The van der Waals surface area contributed by atoms with E-state index in [0.29, 0.717) is 13.1 Å². The number of aromatic nitrogens is 1. The van der Waals surface area contributed by atoms with Crippen LogP contribution in [-0.2, 0) is 4.74 Å². The zero-order valence-electron chi connectivity index (χ0n) is 10.2. The van der Waals surface area contributed by atoms with E-state index in [1.165, 1.54) is 29.4 Å². The lowest BCUT2D eigenvalue weighted by Crippen LogP contribution is -2.30. The van der Waals surface area contributed by atoms with Crippen LogP contribution in [0.2, 0.25) is 0 Å². The second-order valence-corrected chi connectivity index (χ2v) is 3.37. The van der Waals surface area contributed by atoms with Crippen molar-refractivity contribution < 1.29 is 18.3 Å². The van der Waals surface area contributed by atoms with Crippen LogP contribution < -0.4 is 0 Å². The molecule has 4 nitrogen and oxygen atoms in total. The van der Waals surface area contributed by atoms with Crippen molar-refractivity contribution in [2.75, 3.05) is 13.1 Å². The predicted octanol–water partition coefficient (Wildman–Crippen LogP) is 3.13. The van der Waals surface area contributed by atoms with Gasteiger partial charge in [-0.1, -0.05) is 0 Å². The van der Waals surface area contributed by atoms with Gasteiger partial charge in [0.1, 0.15) is 0 Å². The SMILES string of the molecule is CCN(CC)C(=O)OC(=C(F)F)c1cccnc1. The highest BCUT2D eigenvalue weighted by Gasteiger charge is 2.19. The summed E-state index contributed by atoms with van der Waals surface area (Å²) in [5, 5.41) is 0. The Hall–Kier alpha value is -1.98. The minimum Gasteiger partial charge on any atom is -0.404 e. The molecule has 0 aromatic carbocycles. The van der Waals surface area contributed by atoms with Crippen molar-refractivity contribution in [3.63, 3.8) is 0 Å². The van der Waals surface area contributed by atoms with Crippen molar-refractivity contribution in [3.05, 3.63) is 36.2 Å². The lowest BCUT2D eigenvalue weighted by molar-refractivity contribution is 0.145. The van der Waals surface area contributed by atoms with E-state index in [1.54, 1.807) is 13.8 Å². The average Bonchev–Trinajstić information content (AvgIpc) is 2.38. The molecule has 0 saturated carbocycles. The number of pyridine rings is 1. The van der Waals surface area contributed by atoms with E-state index in [2.05, 4.69) is 4.98 Å². The van der Waals surface area contributed by atoms with Crippen molar-refractivity contribution in [2.24, 2.45) is 0 Å². The minimum absolute atomic E-state index is 0.0676. The molecule has 0 unspecified atom stereocenters. The number of carbonyl (C=O) groups excluding carboxylic acids is 1. The summed E-state index contributed by atoms with van der Waals surface area (Å²) >= 11 is 0. The maximum atomic E-state index is 12.8. The van der Waals surface area contributed by atoms with Crippen LogP contribution in [0.25, 0.3) is 5.76 Å². The van der Waals surface area contributed by atoms with Gasteiger partial charge in [0.25, 0.3) is 0 Å². The number of hydrogen-bond donors (Lipinski definition) is 0. The van der Waals surface area contributed by atoms with Crippen LogP contribution in [0.4, 0.5) is 13.6 Å². The Morgan fingerprint density at radius 2 is 2.06 bits per heavy atom. The molecular weight excluding hydrogens is 242 g/mol. The lowest BCUT2D eigenvalue weighted by Gasteiger charge is -2.18. The van der Waals surface area contributed by atoms with Gasteiger partial charge in [0.05, 0.1) is 0 Å². The molecule has 6 heteroatoms. The fourth-order valence-corrected chi connectivity index (χ4v) is 1.34. The Balaban J connectivity index is 2.91. The number of ether oxygens (including phenoxy) is 1. The molecule has 0 N–H and O–H groups in total. The van der Waals surface area contributed by atoms with Crippen molar-refractivity contribution in [1.29, 1.82) is 0 Å². The first kappa shape index (κ1) is 14.1. The summed E-state index contributed by atoms with van der Waals surface area (Å²) in [7, 11) is 0. The van der Waals surface area contributed by atoms with E-state index >= 15 is 0 Å². The van der Waals surface area contributed by atoms with Gasteiger partial charge < -0.3 is 9.64 Å². The number of hydrogen-bond acceptors (Lipinski definition) is 3. The minimum atomic E-state index is -2.05. The topological polar surface area (TPSA) is 42.4 Å². The Morgan fingerprint density at radius 1 is 1.39 bits per heavy atom. The molecule has 0 bridgehead atoms. The summed E-state index contributed by atoms with van der Waals surface area (Å²) in [6, 6.07) is 2.89. The number of amides is 1. The Kier molecular flexibility index (Phi) is 5.23. The fourth-order valence-electron chi connectivity index (χ4n) is 1.34. The molecule has 0 aliphatic rings. The first-order valence-electron chi connectivity index (χ1n) is 5.52. The molecule has 98 valence electrons. The summed E-state index contributed by atoms with van der Waals surface area (Å²) in [5.74, 6) is -0.750. The molecule has 1 heterocycles. The summed E-state index contributed by atoms with van der Waals surface area (Å²) < 4.78 is 30.3. The third-order valence-corrected chi connectivity index (χ3v) is 2.31. The summed E-state index contributed by atoms with van der Waals surface area (Å²) in [5.41, 5.74) is 0.0676. The molecule has 0 radical (unpaired) electrons. The van der Waals surface area contributed by atoms with Crippen LogP contribution in [-0.4, -0.2) is 29.1 Å². The second kappa shape index (κ2) is 6.68. The van der Waals surface area contributed by atoms with Gasteiger partial charge in [-0.15, -0.1) is 0 Å². The fraction of sp³-hybridized carbons (Fsp3) is 0.333. The Bertz CT molecular complexity index is 427. The molecule has 1 aromatic heterocycles. The summed E-state index contributed by atoms with van der Waals surface area (Å²) in [6.45, 7) is 4.27. The van der Waals surface area contributed by atoms with Crippen molar-refractivity contribution in [3.8, 4) is 0 Å². The third-order valence-electron chi connectivity index (χ3n) is 2.31. The summed E-state index contributed by atoms with van der Waals surface area (Å²) in [4.78, 5) is 16.6. The molecule has 0 aliphatic carbocycles. The van der Waals surface area contributed by atoms with Gasteiger partial charge in [-0.3, -0.25) is 4.98 Å². The average molecular weight is 256 g/mol. The number of rotatable bonds is 4. The van der Waals surface area contributed by atoms with Gasteiger partial charge in [-0.05, 0) is 26.0 Å². The molecule has 0 fully saturated rings. The van der Waals surface area contributed by atoms with Gasteiger partial charge in [0.15, 0.2) is 0 Å². The first-order chi connectivity index (χ1) is 8.60. The molecule has 18 heavy (non-hydrogen) atoms. The smallest absolute Gasteiger partial charge is 0.404 e. The Labute approximate surface area is 104 Å². The van der Waals surface area contributed by atoms with Gasteiger partial charge in [0, 0.05) is 31.0 Å². The number of nitrogens with zero attached hydrogens (tertiary/aromatic N) is 2. The van der Waals surface area contributed by atoms with Crippen LogP contribution in [0.15, 0.2) is 30.6 Å².